The summed E-state index contributed by atoms with van der Waals surface area (Å²) in [5.41, 5.74) is 7.02. The van der Waals surface area contributed by atoms with Crippen molar-refractivity contribution in [3.05, 3.63) is 76.9 Å². The van der Waals surface area contributed by atoms with Gasteiger partial charge in [0.1, 0.15) is 0 Å². The van der Waals surface area contributed by atoms with Crippen molar-refractivity contribution in [3.8, 4) is 6.07 Å². The maximum atomic E-state index is 9.40. The zero-order valence-electron chi connectivity index (χ0n) is 15.4. The van der Waals surface area contributed by atoms with Crippen molar-refractivity contribution in [2.24, 2.45) is 0 Å². The van der Waals surface area contributed by atoms with Gasteiger partial charge in [-0.25, -0.2) is 0 Å². The second-order valence-electron chi connectivity index (χ2n) is 7.60. The molecular formula is C24H23N3. The molecule has 0 bridgehead atoms. The predicted molar refractivity (Wildman–Crippen MR) is 110 cm³/mol. The third-order valence-electron chi connectivity index (χ3n) is 5.96. The summed E-state index contributed by atoms with van der Waals surface area (Å²) in [6.07, 6.45) is 6.76. The van der Waals surface area contributed by atoms with Crippen molar-refractivity contribution in [1.29, 1.82) is 5.26 Å². The molecule has 1 saturated heterocycles. The Morgan fingerprint density at radius 3 is 2.22 bits per heavy atom. The van der Waals surface area contributed by atoms with Crippen LogP contribution in [0, 0.1) is 11.3 Å². The van der Waals surface area contributed by atoms with Crippen LogP contribution in [-0.4, -0.2) is 42.0 Å². The minimum absolute atomic E-state index is 0.841. The van der Waals surface area contributed by atoms with Crippen LogP contribution in [0.5, 0.6) is 0 Å². The standard InChI is InChI=1S/C24H23N3/c25-12-11-22-20-6-2-1-5-18(20)17-24(23-8-4-3-7-21(22)23)27-15-13-26(14-16-27)19-9-10-19/h1-8,11,17,19H,9-10,13-16H2/b22-11-. The lowest BCUT2D eigenvalue weighted by molar-refractivity contribution is 0.168. The van der Waals surface area contributed by atoms with Crippen molar-refractivity contribution in [3.63, 3.8) is 0 Å². The Labute approximate surface area is 160 Å². The van der Waals surface area contributed by atoms with Gasteiger partial charge in [-0.2, -0.15) is 5.26 Å². The third kappa shape index (κ3) is 2.97. The largest absolute Gasteiger partial charge is 0.368 e. The number of hydrogen-bond acceptors (Lipinski definition) is 3. The van der Waals surface area contributed by atoms with Crippen molar-refractivity contribution in [2.45, 2.75) is 18.9 Å². The number of benzene rings is 2. The average molecular weight is 353 g/mol. The van der Waals surface area contributed by atoms with Gasteiger partial charge in [-0.15, -0.1) is 0 Å². The second-order valence-corrected chi connectivity index (χ2v) is 7.60. The normalized spacial score (nSPS) is 21.1. The molecule has 1 aliphatic heterocycles. The lowest BCUT2D eigenvalue weighted by Gasteiger charge is -2.38. The SMILES string of the molecule is N#C/C=C1/c2ccccc2C=C(N2CCN(C3CC3)CC2)c2ccccc21. The topological polar surface area (TPSA) is 30.3 Å². The minimum Gasteiger partial charge on any atom is -0.368 e. The first-order valence-electron chi connectivity index (χ1n) is 9.85. The molecule has 3 heteroatoms. The Hall–Kier alpha value is -2.83. The fourth-order valence-corrected chi connectivity index (χ4v) is 4.43. The predicted octanol–water partition coefficient (Wildman–Crippen LogP) is 4.23. The van der Waals surface area contributed by atoms with E-state index in [0.717, 1.165) is 48.9 Å². The molecule has 2 aromatic rings. The van der Waals surface area contributed by atoms with Crippen LogP contribution >= 0.6 is 0 Å². The molecule has 0 N–H and O–H groups in total. The Morgan fingerprint density at radius 2 is 1.52 bits per heavy atom. The molecule has 27 heavy (non-hydrogen) atoms. The lowest BCUT2D eigenvalue weighted by Crippen LogP contribution is -2.46. The molecule has 134 valence electrons. The van der Waals surface area contributed by atoms with Gasteiger partial charge in [0.05, 0.1) is 6.07 Å². The molecule has 0 aromatic heterocycles. The van der Waals surface area contributed by atoms with E-state index >= 15 is 0 Å². The molecule has 5 rings (SSSR count). The van der Waals surface area contributed by atoms with Gasteiger partial charge in [-0.1, -0.05) is 48.5 Å². The van der Waals surface area contributed by atoms with Crippen LogP contribution in [0.2, 0.25) is 0 Å². The summed E-state index contributed by atoms with van der Waals surface area (Å²) in [7, 11) is 0. The van der Waals surface area contributed by atoms with E-state index in [1.807, 2.05) is 0 Å². The van der Waals surface area contributed by atoms with Gasteiger partial charge < -0.3 is 4.90 Å². The first-order valence-corrected chi connectivity index (χ1v) is 9.85. The third-order valence-corrected chi connectivity index (χ3v) is 5.96. The van der Waals surface area contributed by atoms with E-state index in [4.69, 9.17) is 0 Å². The van der Waals surface area contributed by atoms with Gasteiger partial charge in [0, 0.05) is 55.1 Å². The summed E-state index contributed by atoms with van der Waals surface area (Å²) >= 11 is 0. The number of hydrogen-bond donors (Lipinski definition) is 0. The number of nitriles is 1. The van der Waals surface area contributed by atoms with Crippen LogP contribution in [0.1, 0.15) is 35.1 Å². The molecule has 0 unspecified atom stereocenters. The molecule has 0 spiro atoms. The highest BCUT2D eigenvalue weighted by molar-refractivity contribution is 5.98. The summed E-state index contributed by atoms with van der Waals surface area (Å²) < 4.78 is 0. The highest BCUT2D eigenvalue weighted by atomic mass is 15.3. The van der Waals surface area contributed by atoms with Crippen LogP contribution in [-0.2, 0) is 0 Å². The number of rotatable bonds is 2. The molecule has 2 aromatic carbocycles. The van der Waals surface area contributed by atoms with E-state index in [9.17, 15) is 5.26 Å². The summed E-state index contributed by atoms with van der Waals surface area (Å²) in [6, 6.07) is 20.0. The molecule has 1 heterocycles. The number of nitrogens with zero attached hydrogens (tertiary/aromatic N) is 3. The highest BCUT2D eigenvalue weighted by Gasteiger charge is 2.32. The monoisotopic (exact) mass is 353 g/mol. The lowest BCUT2D eigenvalue weighted by atomic mass is 9.93. The van der Waals surface area contributed by atoms with Crippen molar-refractivity contribution < 1.29 is 0 Å². The van der Waals surface area contributed by atoms with E-state index < -0.39 is 0 Å². The van der Waals surface area contributed by atoms with E-state index in [1.165, 1.54) is 29.7 Å². The first kappa shape index (κ1) is 16.4. The van der Waals surface area contributed by atoms with E-state index in [-0.39, 0.29) is 0 Å². The first-order chi connectivity index (χ1) is 13.3. The smallest absolute Gasteiger partial charge is 0.0918 e. The Balaban J connectivity index is 1.60. The van der Waals surface area contributed by atoms with Gasteiger partial charge in [0.2, 0.25) is 0 Å². The Kier molecular flexibility index (Phi) is 4.07. The highest BCUT2D eigenvalue weighted by Crippen LogP contribution is 2.39. The Bertz CT molecular complexity index is 967. The second kappa shape index (κ2) is 6.72. The summed E-state index contributed by atoms with van der Waals surface area (Å²) in [4.78, 5) is 5.18. The maximum Gasteiger partial charge on any atom is 0.0918 e. The number of piperazine rings is 1. The van der Waals surface area contributed by atoms with Gasteiger partial charge in [-0.05, 0) is 35.6 Å². The fourth-order valence-electron chi connectivity index (χ4n) is 4.43. The molecule has 3 nitrogen and oxygen atoms in total. The number of fused-ring (bicyclic) bond motifs is 2. The molecule has 2 fully saturated rings. The molecule has 0 amide bonds. The van der Waals surface area contributed by atoms with E-state index in [0.29, 0.717) is 0 Å². The van der Waals surface area contributed by atoms with E-state index in [2.05, 4.69) is 70.5 Å². The van der Waals surface area contributed by atoms with Crippen LogP contribution in [0.15, 0.2) is 54.6 Å². The van der Waals surface area contributed by atoms with E-state index in [1.54, 1.807) is 6.08 Å². The zero-order valence-corrected chi connectivity index (χ0v) is 15.4. The molecular weight excluding hydrogens is 330 g/mol. The molecule has 2 aliphatic carbocycles. The van der Waals surface area contributed by atoms with Gasteiger partial charge in [0.25, 0.3) is 0 Å². The van der Waals surface area contributed by atoms with Crippen LogP contribution in [0.25, 0.3) is 17.3 Å². The van der Waals surface area contributed by atoms with Crippen molar-refractivity contribution in [2.75, 3.05) is 26.2 Å². The van der Waals surface area contributed by atoms with Crippen LogP contribution in [0.3, 0.4) is 0 Å². The molecule has 3 aliphatic rings. The molecule has 1 saturated carbocycles. The summed E-state index contributed by atoms with van der Waals surface area (Å²) in [6.45, 7) is 4.42. The van der Waals surface area contributed by atoms with Crippen molar-refractivity contribution in [1.82, 2.24) is 9.80 Å². The zero-order chi connectivity index (χ0) is 18.2. The fraction of sp³-hybridized carbons (Fsp3) is 0.292. The number of allylic oxidation sites excluding steroid dienone is 1. The van der Waals surface area contributed by atoms with Gasteiger partial charge in [0.15, 0.2) is 0 Å². The molecule has 0 radical (unpaired) electrons. The van der Waals surface area contributed by atoms with Gasteiger partial charge >= 0.3 is 0 Å². The quantitative estimate of drug-likeness (QED) is 0.757. The van der Waals surface area contributed by atoms with Gasteiger partial charge in [-0.3, -0.25) is 4.90 Å². The summed E-state index contributed by atoms with van der Waals surface area (Å²) in [5.74, 6) is 0. The molecule has 0 atom stereocenters. The summed E-state index contributed by atoms with van der Waals surface area (Å²) in [5, 5.41) is 9.40. The van der Waals surface area contributed by atoms with Crippen LogP contribution < -0.4 is 0 Å². The van der Waals surface area contributed by atoms with Crippen LogP contribution in [0.4, 0.5) is 0 Å². The average Bonchev–Trinajstić information content (AvgIpc) is 3.57. The maximum absolute atomic E-state index is 9.40. The van der Waals surface area contributed by atoms with Crippen molar-refractivity contribution >= 4 is 17.3 Å². The Morgan fingerprint density at radius 1 is 0.852 bits per heavy atom. The minimum atomic E-state index is 0.841.